The number of likely N-dealkylation sites (tertiary alicyclic amines) is 1. The highest BCUT2D eigenvalue weighted by Crippen LogP contribution is 2.33. The number of aromatic nitrogens is 2. The zero-order valence-electron chi connectivity index (χ0n) is 21.1. The Balaban J connectivity index is 1.22. The summed E-state index contributed by atoms with van der Waals surface area (Å²) in [5, 5.41) is 3.33. The van der Waals surface area contributed by atoms with Crippen LogP contribution >= 0.6 is 0 Å². The molecule has 0 spiro atoms. The molecule has 4 rings (SSSR count). The number of amides is 1. The Hall–Kier alpha value is -2.31. The predicted octanol–water partition coefficient (Wildman–Crippen LogP) is 3.27. The van der Waals surface area contributed by atoms with Crippen molar-refractivity contribution in [3.05, 3.63) is 35.8 Å². The van der Waals surface area contributed by atoms with Crippen LogP contribution in [-0.2, 0) is 27.4 Å². The molecule has 2 fully saturated rings. The summed E-state index contributed by atoms with van der Waals surface area (Å²) in [6.45, 7) is 3.54. The molecule has 2 aliphatic rings. The second-order valence-corrected chi connectivity index (χ2v) is 12.0. The number of nitrogens with zero attached hydrogens (tertiary/aromatic N) is 3. The van der Waals surface area contributed by atoms with Crippen LogP contribution in [0.4, 0.5) is 13.2 Å². The number of halogens is 3. The van der Waals surface area contributed by atoms with Crippen molar-refractivity contribution in [2.45, 2.75) is 76.2 Å². The van der Waals surface area contributed by atoms with Gasteiger partial charge >= 0.3 is 6.18 Å². The lowest BCUT2D eigenvalue weighted by molar-refractivity contribution is -0.137. The van der Waals surface area contributed by atoms with Crippen molar-refractivity contribution in [2.75, 3.05) is 19.3 Å². The van der Waals surface area contributed by atoms with Crippen LogP contribution in [0.2, 0.25) is 0 Å². The molecule has 1 saturated carbocycles. The molecule has 1 aromatic heterocycles. The Bertz CT molecular complexity index is 1210. The SMILES string of the molecule is CCC(NS(C)(=O)=O)C1CCC(N2CC(NC(=O)CCc3ncnc4ccc(C(F)(F)F)cc34)C2)CC1. The van der Waals surface area contributed by atoms with Gasteiger partial charge in [-0.3, -0.25) is 9.69 Å². The third-order valence-corrected chi connectivity index (χ3v) is 8.27. The largest absolute Gasteiger partial charge is 0.416 e. The number of hydrogen-bond donors (Lipinski definition) is 2. The lowest BCUT2D eigenvalue weighted by atomic mass is 9.79. The van der Waals surface area contributed by atoms with Crippen LogP contribution in [0.5, 0.6) is 0 Å². The van der Waals surface area contributed by atoms with E-state index in [1.807, 2.05) is 6.92 Å². The summed E-state index contributed by atoms with van der Waals surface area (Å²) in [5.41, 5.74) is 0.0788. The first-order valence-corrected chi connectivity index (χ1v) is 14.6. The van der Waals surface area contributed by atoms with Crippen LogP contribution in [-0.4, -0.2) is 66.7 Å². The van der Waals surface area contributed by atoms with Gasteiger partial charge in [-0.1, -0.05) is 6.92 Å². The van der Waals surface area contributed by atoms with Gasteiger partial charge in [0.25, 0.3) is 0 Å². The number of carbonyl (C=O) groups is 1. The predicted molar refractivity (Wildman–Crippen MR) is 134 cm³/mol. The molecule has 1 saturated heterocycles. The van der Waals surface area contributed by atoms with Gasteiger partial charge < -0.3 is 5.32 Å². The first-order valence-electron chi connectivity index (χ1n) is 12.7. The van der Waals surface area contributed by atoms with Crippen molar-refractivity contribution in [3.8, 4) is 0 Å². The number of aryl methyl sites for hydroxylation is 1. The Labute approximate surface area is 215 Å². The van der Waals surface area contributed by atoms with E-state index in [4.69, 9.17) is 0 Å². The number of fused-ring (bicyclic) bond motifs is 1. The van der Waals surface area contributed by atoms with E-state index in [0.717, 1.165) is 57.3 Å². The number of hydrogen-bond acceptors (Lipinski definition) is 6. The van der Waals surface area contributed by atoms with E-state index in [0.29, 0.717) is 28.6 Å². The number of nitrogens with one attached hydrogen (secondary N) is 2. The van der Waals surface area contributed by atoms with E-state index in [1.54, 1.807) is 0 Å². The highest BCUT2D eigenvalue weighted by atomic mass is 32.2. The van der Waals surface area contributed by atoms with Gasteiger partial charge in [-0.05, 0) is 62.6 Å². The molecule has 1 amide bonds. The third-order valence-electron chi connectivity index (χ3n) is 7.54. The summed E-state index contributed by atoms with van der Waals surface area (Å²) in [4.78, 5) is 23.0. The minimum atomic E-state index is -4.46. The highest BCUT2D eigenvalue weighted by molar-refractivity contribution is 7.88. The lowest BCUT2D eigenvalue weighted by Crippen LogP contribution is -2.62. The van der Waals surface area contributed by atoms with Gasteiger partial charge in [-0.15, -0.1) is 0 Å². The maximum Gasteiger partial charge on any atom is 0.416 e. The van der Waals surface area contributed by atoms with Crippen LogP contribution < -0.4 is 10.0 Å². The number of alkyl halides is 3. The minimum Gasteiger partial charge on any atom is -0.351 e. The smallest absolute Gasteiger partial charge is 0.351 e. The first-order chi connectivity index (χ1) is 17.4. The first kappa shape index (κ1) is 27.7. The third kappa shape index (κ3) is 7.17. The van der Waals surface area contributed by atoms with Crippen molar-refractivity contribution in [1.29, 1.82) is 0 Å². The number of rotatable bonds is 9. The molecule has 0 bridgehead atoms. The van der Waals surface area contributed by atoms with Gasteiger partial charge in [0.05, 0.1) is 29.1 Å². The molecule has 2 N–H and O–H groups in total. The van der Waals surface area contributed by atoms with Crippen LogP contribution in [0, 0.1) is 5.92 Å². The summed E-state index contributed by atoms with van der Waals surface area (Å²) in [7, 11) is -3.22. The summed E-state index contributed by atoms with van der Waals surface area (Å²) in [6.07, 6.45) is 3.15. The van der Waals surface area contributed by atoms with Crippen molar-refractivity contribution in [2.24, 2.45) is 5.92 Å². The van der Waals surface area contributed by atoms with Gasteiger partial charge in [0, 0.05) is 37.0 Å². The van der Waals surface area contributed by atoms with Gasteiger partial charge in [0.1, 0.15) is 6.33 Å². The molecule has 1 atom stereocenters. The molecule has 2 aromatic rings. The van der Waals surface area contributed by atoms with Gasteiger partial charge in [0.15, 0.2) is 0 Å². The molecule has 1 aliphatic heterocycles. The maximum atomic E-state index is 13.1. The lowest BCUT2D eigenvalue weighted by Gasteiger charge is -2.47. The Kier molecular flexibility index (Phi) is 8.39. The molecule has 37 heavy (non-hydrogen) atoms. The molecule has 1 aromatic carbocycles. The maximum absolute atomic E-state index is 13.1. The molecule has 12 heteroatoms. The molecule has 0 radical (unpaired) electrons. The Morgan fingerprint density at radius 1 is 1.16 bits per heavy atom. The van der Waals surface area contributed by atoms with Gasteiger partial charge in [0.2, 0.25) is 15.9 Å². The standard InChI is InChI=1S/C25H34F3N5O3S/c1-3-21(32-37(2,35)36)16-4-7-19(8-5-16)33-13-18(14-33)31-24(34)11-10-23-20-12-17(25(26,27)28)6-9-22(20)29-15-30-23/h6,9,12,15-16,18-19,21,32H,3-5,7-8,10-11,13-14H2,1-2H3,(H,31,34). The van der Waals surface area contributed by atoms with Crippen LogP contribution in [0.3, 0.4) is 0 Å². The van der Waals surface area contributed by atoms with Crippen molar-refractivity contribution >= 4 is 26.8 Å². The normalized spacial score (nSPS) is 22.5. The fourth-order valence-electron chi connectivity index (χ4n) is 5.58. The molecule has 1 aliphatic carbocycles. The van der Waals surface area contributed by atoms with Gasteiger partial charge in [-0.25, -0.2) is 23.1 Å². The second kappa shape index (κ2) is 11.2. The zero-order valence-corrected chi connectivity index (χ0v) is 21.9. The average molecular weight is 542 g/mol. The topological polar surface area (TPSA) is 104 Å². The Morgan fingerprint density at radius 2 is 1.86 bits per heavy atom. The molecule has 1 unspecified atom stereocenters. The molecule has 204 valence electrons. The molecular weight excluding hydrogens is 507 g/mol. The van der Waals surface area contributed by atoms with Gasteiger partial charge in [-0.2, -0.15) is 13.2 Å². The molecule has 8 nitrogen and oxygen atoms in total. The number of sulfonamides is 1. The van der Waals surface area contributed by atoms with E-state index < -0.39 is 21.8 Å². The number of benzene rings is 1. The van der Waals surface area contributed by atoms with E-state index in [1.165, 1.54) is 18.6 Å². The minimum absolute atomic E-state index is 0.0218. The summed E-state index contributed by atoms with van der Waals surface area (Å²) < 4.78 is 65.4. The monoisotopic (exact) mass is 541 g/mol. The number of carbonyl (C=O) groups excluding carboxylic acids is 1. The Morgan fingerprint density at radius 3 is 2.49 bits per heavy atom. The molecular formula is C25H34F3N5O3S. The summed E-state index contributed by atoms with van der Waals surface area (Å²) in [5.74, 6) is 0.197. The van der Waals surface area contributed by atoms with Crippen LogP contribution in [0.25, 0.3) is 10.9 Å². The van der Waals surface area contributed by atoms with Crippen LogP contribution in [0.1, 0.15) is 56.7 Å². The quantitative estimate of drug-likeness (QED) is 0.505. The fraction of sp³-hybridized carbons (Fsp3) is 0.640. The van der Waals surface area contributed by atoms with E-state index in [-0.39, 0.29) is 30.8 Å². The van der Waals surface area contributed by atoms with Crippen molar-refractivity contribution in [3.63, 3.8) is 0 Å². The zero-order chi connectivity index (χ0) is 26.8. The highest BCUT2D eigenvalue weighted by Gasteiger charge is 2.37. The fourth-order valence-corrected chi connectivity index (χ4v) is 6.49. The van der Waals surface area contributed by atoms with E-state index in [9.17, 15) is 26.4 Å². The summed E-state index contributed by atoms with van der Waals surface area (Å²) >= 11 is 0. The molecule has 2 heterocycles. The second-order valence-electron chi connectivity index (χ2n) is 10.2. The summed E-state index contributed by atoms with van der Waals surface area (Å²) in [6, 6.07) is 3.84. The van der Waals surface area contributed by atoms with Crippen LogP contribution in [0.15, 0.2) is 24.5 Å². The van der Waals surface area contributed by atoms with Crippen molar-refractivity contribution < 1.29 is 26.4 Å². The van der Waals surface area contributed by atoms with Crippen molar-refractivity contribution in [1.82, 2.24) is 24.9 Å². The van der Waals surface area contributed by atoms with E-state index >= 15 is 0 Å². The van der Waals surface area contributed by atoms with E-state index in [2.05, 4.69) is 24.9 Å². The average Bonchev–Trinajstić information content (AvgIpc) is 2.82.